The minimum atomic E-state index is -1.83. The first-order valence-corrected chi connectivity index (χ1v) is 5.39. The largest absolute Gasteiger partial charge is 0.394 e. The molecular formula is C10H18O7. The molecule has 1 fully saturated rings. The molecule has 1 heterocycles. The fourth-order valence-electron chi connectivity index (χ4n) is 1.48. The normalized spacial score (nSPS) is 30.5. The summed E-state index contributed by atoms with van der Waals surface area (Å²) in [6, 6.07) is 0. The van der Waals surface area contributed by atoms with E-state index in [1.807, 2.05) is 0 Å². The number of carbonyl (C=O) groups is 1. The standard InChI is InChI=1S/C10H18O7/c1-4-7(17-4)2-5(12)8(14)10(16)9(15)6(13)3-11/h4,6-11,13-16H,2-3H2,1H3/t4?,6-,7?,8+,9-,10-/m1/s1. The van der Waals surface area contributed by atoms with Crippen LogP contribution in [0.4, 0.5) is 0 Å². The Morgan fingerprint density at radius 2 is 1.76 bits per heavy atom. The van der Waals surface area contributed by atoms with E-state index in [2.05, 4.69) is 0 Å². The zero-order valence-corrected chi connectivity index (χ0v) is 9.43. The molecule has 1 rings (SSSR count). The predicted octanol–water partition coefficient (Wildman–Crippen LogP) is -2.83. The van der Waals surface area contributed by atoms with E-state index < -0.39 is 36.8 Å². The number of ketones is 1. The number of rotatable bonds is 7. The first kappa shape index (κ1) is 14.5. The van der Waals surface area contributed by atoms with E-state index in [4.69, 9.17) is 14.9 Å². The highest BCUT2D eigenvalue weighted by Gasteiger charge is 2.40. The van der Waals surface area contributed by atoms with Crippen LogP contribution in [0.15, 0.2) is 0 Å². The predicted molar refractivity (Wildman–Crippen MR) is 55.1 cm³/mol. The summed E-state index contributed by atoms with van der Waals surface area (Å²) in [5.74, 6) is -0.670. The van der Waals surface area contributed by atoms with Crippen molar-refractivity contribution in [2.24, 2.45) is 0 Å². The van der Waals surface area contributed by atoms with Gasteiger partial charge in [-0.25, -0.2) is 0 Å². The van der Waals surface area contributed by atoms with E-state index in [9.17, 15) is 20.1 Å². The van der Waals surface area contributed by atoms with Crippen LogP contribution in [-0.2, 0) is 9.53 Å². The molecule has 7 heteroatoms. The number of hydrogen-bond acceptors (Lipinski definition) is 7. The molecule has 5 N–H and O–H groups in total. The average Bonchev–Trinajstić information content (AvgIpc) is 3.00. The summed E-state index contributed by atoms with van der Waals surface area (Å²) >= 11 is 0. The smallest absolute Gasteiger partial charge is 0.166 e. The van der Waals surface area contributed by atoms with E-state index >= 15 is 0 Å². The van der Waals surface area contributed by atoms with Gasteiger partial charge in [-0.1, -0.05) is 0 Å². The van der Waals surface area contributed by atoms with Gasteiger partial charge >= 0.3 is 0 Å². The molecule has 0 amide bonds. The van der Waals surface area contributed by atoms with E-state index in [0.29, 0.717) is 0 Å². The maximum Gasteiger partial charge on any atom is 0.166 e. The van der Waals surface area contributed by atoms with Gasteiger partial charge in [0, 0.05) is 6.42 Å². The van der Waals surface area contributed by atoms with Crippen molar-refractivity contribution in [3.8, 4) is 0 Å². The molecule has 17 heavy (non-hydrogen) atoms. The van der Waals surface area contributed by atoms with Gasteiger partial charge < -0.3 is 30.3 Å². The van der Waals surface area contributed by atoms with Gasteiger partial charge in [-0.2, -0.15) is 0 Å². The van der Waals surface area contributed by atoms with Crippen molar-refractivity contribution in [1.82, 2.24) is 0 Å². The van der Waals surface area contributed by atoms with E-state index in [1.165, 1.54) is 0 Å². The monoisotopic (exact) mass is 250 g/mol. The van der Waals surface area contributed by atoms with Crippen LogP contribution in [0, 0.1) is 0 Å². The van der Waals surface area contributed by atoms with Gasteiger partial charge in [0.15, 0.2) is 5.78 Å². The zero-order chi connectivity index (χ0) is 13.2. The summed E-state index contributed by atoms with van der Waals surface area (Å²) in [6.07, 6.45) is -7.39. The van der Waals surface area contributed by atoms with Crippen molar-refractivity contribution >= 4 is 5.78 Å². The molecule has 0 radical (unpaired) electrons. The highest BCUT2D eigenvalue weighted by Crippen LogP contribution is 2.25. The summed E-state index contributed by atoms with van der Waals surface area (Å²) < 4.78 is 4.98. The van der Waals surface area contributed by atoms with Gasteiger partial charge in [-0.05, 0) is 6.92 Å². The molecule has 0 aromatic heterocycles. The number of ether oxygens (including phenoxy) is 1. The zero-order valence-electron chi connectivity index (χ0n) is 9.43. The minimum Gasteiger partial charge on any atom is -0.394 e. The van der Waals surface area contributed by atoms with Crippen molar-refractivity contribution < 1.29 is 35.1 Å². The van der Waals surface area contributed by atoms with Gasteiger partial charge in [-0.15, -0.1) is 0 Å². The molecule has 2 unspecified atom stereocenters. The lowest BCUT2D eigenvalue weighted by Gasteiger charge is -2.24. The molecule has 0 bridgehead atoms. The average molecular weight is 250 g/mol. The summed E-state index contributed by atoms with van der Waals surface area (Å²) in [5.41, 5.74) is 0. The third kappa shape index (κ3) is 3.70. The van der Waals surface area contributed by atoms with Gasteiger partial charge in [-0.3, -0.25) is 4.79 Å². The summed E-state index contributed by atoms with van der Waals surface area (Å²) in [6.45, 7) is 0.993. The van der Waals surface area contributed by atoms with Gasteiger partial charge in [0.25, 0.3) is 0 Å². The first-order chi connectivity index (χ1) is 7.88. The topological polar surface area (TPSA) is 131 Å². The number of epoxide rings is 1. The van der Waals surface area contributed by atoms with Crippen LogP contribution in [0.3, 0.4) is 0 Å². The molecule has 6 atom stereocenters. The Kier molecular flexibility index (Phi) is 4.99. The van der Waals surface area contributed by atoms with Crippen molar-refractivity contribution in [3.63, 3.8) is 0 Å². The number of hydrogen-bond donors (Lipinski definition) is 5. The lowest BCUT2D eigenvalue weighted by atomic mass is 9.98. The lowest BCUT2D eigenvalue weighted by molar-refractivity contribution is -0.147. The van der Waals surface area contributed by atoms with Crippen LogP contribution in [-0.4, -0.2) is 74.5 Å². The third-order valence-electron chi connectivity index (χ3n) is 2.82. The number of Topliss-reactive ketones (excluding diaryl/α,β-unsaturated/α-hetero) is 1. The van der Waals surface area contributed by atoms with Crippen LogP contribution < -0.4 is 0 Å². The molecule has 0 aromatic rings. The Bertz CT molecular complexity index is 269. The molecule has 100 valence electrons. The van der Waals surface area contributed by atoms with E-state index in [0.717, 1.165) is 0 Å². The van der Waals surface area contributed by atoms with Crippen molar-refractivity contribution in [1.29, 1.82) is 0 Å². The van der Waals surface area contributed by atoms with E-state index in [-0.39, 0.29) is 18.6 Å². The third-order valence-corrected chi connectivity index (χ3v) is 2.82. The van der Waals surface area contributed by atoms with Gasteiger partial charge in [0.05, 0.1) is 18.8 Å². The molecule has 0 aliphatic carbocycles. The SMILES string of the molecule is CC1OC1CC(=O)[C@H](O)[C@@H](O)[C@H](O)[C@H](O)CO. The van der Waals surface area contributed by atoms with Crippen LogP contribution in [0.25, 0.3) is 0 Å². The number of carbonyl (C=O) groups excluding carboxylic acids is 1. The number of aliphatic hydroxyl groups excluding tert-OH is 5. The van der Waals surface area contributed by atoms with E-state index in [1.54, 1.807) is 6.92 Å². The summed E-state index contributed by atoms with van der Waals surface area (Å²) in [7, 11) is 0. The van der Waals surface area contributed by atoms with Crippen LogP contribution in [0.1, 0.15) is 13.3 Å². The Morgan fingerprint density at radius 3 is 2.18 bits per heavy atom. The Morgan fingerprint density at radius 1 is 1.24 bits per heavy atom. The first-order valence-electron chi connectivity index (χ1n) is 5.39. The maximum atomic E-state index is 11.5. The van der Waals surface area contributed by atoms with Crippen LogP contribution >= 0.6 is 0 Å². The second-order valence-corrected chi connectivity index (χ2v) is 4.23. The Balaban J connectivity index is 2.44. The fourth-order valence-corrected chi connectivity index (χ4v) is 1.48. The van der Waals surface area contributed by atoms with Crippen molar-refractivity contribution in [3.05, 3.63) is 0 Å². The lowest BCUT2D eigenvalue weighted by Crippen LogP contribution is -2.48. The highest BCUT2D eigenvalue weighted by molar-refractivity contribution is 5.84. The summed E-state index contributed by atoms with van der Waals surface area (Å²) in [5, 5.41) is 45.8. The summed E-state index contributed by atoms with van der Waals surface area (Å²) in [4.78, 5) is 11.5. The van der Waals surface area contributed by atoms with Gasteiger partial charge in [0.1, 0.15) is 24.4 Å². The molecule has 1 aliphatic heterocycles. The van der Waals surface area contributed by atoms with Gasteiger partial charge in [0.2, 0.25) is 0 Å². The highest BCUT2D eigenvalue weighted by atomic mass is 16.6. The maximum absolute atomic E-state index is 11.5. The molecular weight excluding hydrogens is 232 g/mol. The molecule has 7 nitrogen and oxygen atoms in total. The number of aliphatic hydroxyl groups is 5. The fraction of sp³-hybridized carbons (Fsp3) is 0.900. The van der Waals surface area contributed by atoms with Crippen molar-refractivity contribution in [2.45, 2.75) is 50.0 Å². The molecule has 0 aromatic carbocycles. The molecule has 0 spiro atoms. The Labute approximate surface area is 98.3 Å². The van der Waals surface area contributed by atoms with Crippen LogP contribution in [0.5, 0.6) is 0 Å². The second kappa shape index (κ2) is 5.85. The Hall–Kier alpha value is -0.570. The minimum absolute atomic E-state index is 0.0451. The second-order valence-electron chi connectivity index (χ2n) is 4.23. The van der Waals surface area contributed by atoms with Crippen LogP contribution in [0.2, 0.25) is 0 Å². The van der Waals surface area contributed by atoms with Crippen molar-refractivity contribution in [2.75, 3.05) is 6.61 Å². The molecule has 0 saturated carbocycles. The molecule has 1 saturated heterocycles. The quantitative estimate of drug-likeness (QED) is 0.308. The molecule has 1 aliphatic rings.